The number of aromatic nitrogens is 4. The third-order valence-electron chi connectivity index (χ3n) is 3.76. The Morgan fingerprint density at radius 3 is 2.08 bits per heavy atom. The van der Waals surface area contributed by atoms with Crippen LogP contribution in [0.25, 0.3) is 33.9 Å². The van der Waals surface area contributed by atoms with Gasteiger partial charge in [0.2, 0.25) is 0 Å². The Morgan fingerprint density at radius 1 is 0.640 bits per heavy atom. The summed E-state index contributed by atoms with van der Waals surface area (Å²) < 4.78 is 1.01. The smallest absolute Gasteiger partial charge is 0.119 e. The second-order valence-corrected chi connectivity index (χ2v) is 6.35. The Balaban J connectivity index is 1.93. The Bertz CT molecular complexity index is 1000. The van der Waals surface area contributed by atoms with E-state index in [-0.39, 0.29) is 0 Å². The topological polar surface area (TPSA) is 51.6 Å². The molecule has 1 aromatic carbocycles. The third kappa shape index (κ3) is 3.32. The highest BCUT2D eigenvalue weighted by molar-refractivity contribution is 9.10. The molecule has 0 aliphatic heterocycles. The van der Waals surface area contributed by atoms with Gasteiger partial charge in [0.25, 0.3) is 0 Å². The molecule has 4 nitrogen and oxygen atoms in total. The van der Waals surface area contributed by atoms with Crippen LogP contribution in [0.1, 0.15) is 0 Å². The molecule has 0 unspecified atom stereocenters. The van der Waals surface area contributed by atoms with E-state index in [4.69, 9.17) is 0 Å². The molecule has 0 radical (unpaired) electrons. The Morgan fingerprint density at radius 2 is 1.40 bits per heavy atom. The molecule has 0 atom stereocenters. The molecule has 4 aromatic rings. The van der Waals surface area contributed by atoms with Crippen molar-refractivity contribution in [2.75, 3.05) is 0 Å². The van der Waals surface area contributed by atoms with Crippen LogP contribution in [0.2, 0.25) is 0 Å². The zero-order chi connectivity index (χ0) is 17.1. The van der Waals surface area contributed by atoms with Gasteiger partial charge in [-0.05, 0) is 48.0 Å². The SMILES string of the molecule is Brc1cccc(-c2cc(-c3ccccn3)nnc2-c2ccccn2)c1. The van der Waals surface area contributed by atoms with Gasteiger partial charge in [-0.25, -0.2) is 0 Å². The summed E-state index contributed by atoms with van der Waals surface area (Å²) in [5.41, 5.74) is 5.07. The van der Waals surface area contributed by atoms with Gasteiger partial charge in [0.05, 0.1) is 11.4 Å². The maximum Gasteiger partial charge on any atom is 0.119 e. The number of halogens is 1. The highest BCUT2D eigenvalue weighted by atomic mass is 79.9. The summed E-state index contributed by atoms with van der Waals surface area (Å²) >= 11 is 3.54. The number of benzene rings is 1. The quantitative estimate of drug-likeness (QED) is 0.493. The molecule has 120 valence electrons. The van der Waals surface area contributed by atoms with Crippen LogP contribution in [-0.2, 0) is 0 Å². The molecule has 0 saturated carbocycles. The van der Waals surface area contributed by atoms with Crippen LogP contribution in [0.15, 0.2) is 83.6 Å². The summed E-state index contributed by atoms with van der Waals surface area (Å²) in [7, 11) is 0. The van der Waals surface area contributed by atoms with E-state index >= 15 is 0 Å². The lowest BCUT2D eigenvalue weighted by atomic mass is 10.0. The van der Waals surface area contributed by atoms with Gasteiger partial charge in [0.1, 0.15) is 11.4 Å². The summed E-state index contributed by atoms with van der Waals surface area (Å²) in [6.07, 6.45) is 3.51. The minimum Gasteiger partial charge on any atom is -0.255 e. The number of hydrogen-bond donors (Lipinski definition) is 0. The van der Waals surface area contributed by atoms with Crippen molar-refractivity contribution in [2.45, 2.75) is 0 Å². The molecular weight excluding hydrogens is 376 g/mol. The Labute approximate surface area is 153 Å². The predicted molar refractivity (Wildman–Crippen MR) is 102 cm³/mol. The average Bonchev–Trinajstić information content (AvgIpc) is 2.69. The second-order valence-electron chi connectivity index (χ2n) is 5.43. The lowest BCUT2D eigenvalue weighted by molar-refractivity contribution is 1.03. The summed E-state index contributed by atoms with van der Waals surface area (Å²) in [6, 6.07) is 21.6. The van der Waals surface area contributed by atoms with E-state index in [1.807, 2.05) is 54.6 Å². The van der Waals surface area contributed by atoms with Crippen LogP contribution in [-0.4, -0.2) is 20.2 Å². The zero-order valence-corrected chi connectivity index (χ0v) is 14.8. The van der Waals surface area contributed by atoms with Gasteiger partial charge >= 0.3 is 0 Å². The van der Waals surface area contributed by atoms with Gasteiger partial charge in [-0.2, -0.15) is 0 Å². The predicted octanol–water partition coefficient (Wildman–Crippen LogP) is 5.03. The second kappa shape index (κ2) is 6.91. The highest BCUT2D eigenvalue weighted by Crippen LogP contribution is 2.32. The number of rotatable bonds is 3. The molecule has 3 heterocycles. The van der Waals surface area contributed by atoms with E-state index in [1.54, 1.807) is 12.4 Å². The van der Waals surface area contributed by atoms with E-state index in [2.05, 4.69) is 48.2 Å². The highest BCUT2D eigenvalue weighted by Gasteiger charge is 2.14. The van der Waals surface area contributed by atoms with Gasteiger partial charge in [-0.3, -0.25) is 9.97 Å². The molecule has 0 aliphatic rings. The Kier molecular flexibility index (Phi) is 4.31. The van der Waals surface area contributed by atoms with Crippen molar-refractivity contribution in [1.29, 1.82) is 0 Å². The van der Waals surface area contributed by atoms with Gasteiger partial charge in [-0.15, -0.1) is 10.2 Å². The van der Waals surface area contributed by atoms with E-state index in [1.165, 1.54) is 0 Å². The van der Waals surface area contributed by atoms with E-state index < -0.39 is 0 Å². The van der Waals surface area contributed by atoms with Crippen molar-refractivity contribution >= 4 is 15.9 Å². The van der Waals surface area contributed by atoms with E-state index in [0.717, 1.165) is 38.4 Å². The lowest BCUT2D eigenvalue weighted by Crippen LogP contribution is -1.97. The molecule has 25 heavy (non-hydrogen) atoms. The van der Waals surface area contributed by atoms with Gasteiger partial charge in [0, 0.05) is 22.4 Å². The van der Waals surface area contributed by atoms with Gasteiger partial charge in [0.15, 0.2) is 0 Å². The van der Waals surface area contributed by atoms with Gasteiger partial charge < -0.3 is 0 Å². The third-order valence-corrected chi connectivity index (χ3v) is 4.26. The van der Waals surface area contributed by atoms with Crippen LogP contribution in [0.3, 0.4) is 0 Å². The number of nitrogens with zero attached hydrogens (tertiary/aromatic N) is 4. The van der Waals surface area contributed by atoms with Crippen LogP contribution >= 0.6 is 15.9 Å². The molecule has 0 amide bonds. The van der Waals surface area contributed by atoms with Crippen molar-refractivity contribution in [2.24, 2.45) is 0 Å². The first kappa shape index (κ1) is 15.6. The van der Waals surface area contributed by atoms with Crippen LogP contribution < -0.4 is 0 Å². The van der Waals surface area contributed by atoms with E-state index in [9.17, 15) is 0 Å². The van der Waals surface area contributed by atoms with Crippen LogP contribution in [0.4, 0.5) is 0 Å². The summed E-state index contributed by atoms with van der Waals surface area (Å²) in [4.78, 5) is 8.81. The summed E-state index contributed by atoms with van der Waals surface area (Å²) in [5, 5.41) is 8.83. The molecule has 4 rings (SSSR count). The van der Waals surface area contributed by atoms with Crippen LogP contribution in [0.5, 0.6) is 0 Å². The first-order valence-corrected chi connectivity index (χ1v) is 8.57. The lowest BCUT2D eigenvalue weighted by Gasteiger charge is -2.10. The van der Waals surface area contributed by atoms with E-state index in [0.29, 0.717) is 0 Å². The fourth-order valence-corrected chi connectivity index (χ4v) is 3.00. The molecule has 0 spiro atoms. The average molecular weight is 389 g/mol. The number of hydrogen-bond acceptors (Lipinski definition) is 4. The minimum atomic E-state index is 0.732. The molecule has 0 N–H and O–H groups in total. The Hall–Kier alpha value is -2.92. The fourth-order valence-electron chi connectivity index (χ4n) is 2.60. The standard InChI is InChI=1S/C20H13BrN4/c21-15-7-5-6-14(12-15)16-13-19(17-8-1-3-10-22-17)24-25-20(16)18-9-2-4-11-23-18/h1-13H. The molecular formula is C20H13BrN4. The summed E-state index contributed by atoms with van der Waals surface area (Å²) in [5.74, 6) is 0. The number of pyridine rings is 2. The minimum absolute atomic E-state index is 0.732. The molecule has 0 bridgehead atoms. The normalized spacial score (nSPS) is 10.6. The molecule has 0 aliphatic carbocycles. The summed E-state index contributed by atoms with van der Waals surface area (Å²) in [6.45, 7) is 0. The largest absolute Gasteiger partial charge is 0.255 e. The van der Waals surface area contributed by atoms with Crippen molar-refractivity contribution in [3.8, 4) is 33.9 Å². The first-order chi connectivity index (χ1) is 12.3. The molecule has 0 fully saturated rings. The maximum absolute atomic E-state index is 4.46. The zero-order valence-electron chi connectivity index (χ0n) is 13.2. The monoisotopic (exact) mass is 388 g/mol. The van der Waals surface area contributed by atoms with Gasteiger partial charge in [-0.1, -0.05) is 40.2 Å². The van der Waals surface area contributed by atoms with Crippen molar-refractivity contribution in [1.82, 2.24) is 20.2 Å². The van der Waals surface area contributed by atoms with Crippen molar-refractivity contribution < 1.29 is 0 Å². The fraction of sp³-hybridized carbons (Fsp3) is 0. The van der Waals surface area contributed by atoms with Crippen molar-refractivity contribution in [3.63, 3.8) is 0 Å². The first-order valence-electron chi connectivity index (χ1n) is 7.78. The molecule has 3 aromatic heterocycles. The molecule has 5 heteroatoms. The van der Waals surface area contributed by atoms with Crippen molar-refractivity contribution in [3.05, 3.63) is 83.6 Å². The van der Waals surface area contributed by atoms with Crippen LogP contribution in [0, 0.1) is 0 Å². The maximum atomic E-state index is 4.46. The molecule has 0 saturated heterocycles.